The minimum absolute atomic E-state index is 0.386. The van der Waals surface area contributed by atoms with E-state index < -0.39 is 11.8 Å². The zero-order valence-corrected chi connectivity index (χ0v) is 15.6. The first-order valence-electron chi connectivity index (χ1n) is 8.27. The maximum absolute atomic E-state index is 12.0. The van der Waals surface area contributed by atoms with Crippen LogP contribution in [-0.2, 0) is 9.59 Å². The summed E-state index contributed by atoms with van der Waals surface area (Å²) in [4.78, 5) is 23.8. The van der Waals surface area contributed by atoms with Gasteiger partial charge in [0.05, 0.1) is 20.4 Å². The highest BCUT2D eigenvalue weighted by Gasteiger charge is 2.14. The maximum Gasteiger partial charge on any atom is 0.329 e. The molecule has 0 bridgehead atoms. The Bertz CT molecular complexity index is 863. The van der Waals surface area contributed by atoms with Gasteiger partial charge in [-0.25, -0.2) is 5.43 Å². The maximum atomic E-state index is 12.0. The lowest BCUT2D eigenvalue weighted by Crippen LogP contribution is -2.32. The highest BCUT2D eigenvalue weighted by Crippen LogP contribution is 2.29. The largest absolute Gasteiger partial charge is 0.493 e. The molecule has 0 radical (unpaired) electrons. The van der Waals surface area contributed by atoms with Gasteiger partial charge in [-0.1, -0.05) is 12.7 Å². The molecule has 0 saturated carbocycles. The van der Waals surface area contributed by atoms with Crippen molar-refractivity contribution in [2.45, 2.75) is 0 Å². The third-order valence-electron chi connectivity index (χ3n) is 3.48. The highest BCUT2D eigenvalue weighted by atomic mass is 16.5. The molecular weight excluding hydrogens is 362 g/mol. The Hall–Kier alpha value is -3.81. The quantitative estimate of drug-likeness (QED) is 0.316. The number of hydrogen-bond acceptors (Lipinski definition) is 6. The van der Waals surface area contributed by atoms with Crippen molar-refractivity contribution in [3.05, 3.63) is 60.7 Å². The van der Waals surface area contributed by atoms with Gasteiger partial charge in [-0.2, -0.15) is 5.10 Å². The van der Waals surface area contributed by atoms with Crippen LogP contribution in [0.15, 0.2) is 60.2 Å². The van der Waals surface area contributed by atoms with Gasteiger partial charge in [0.2, 0.25) is 0 Å². The molecule has 2 N–H and O–H groups in total. The SMILES string of the molecule is C=CCOc1ccc(/C=N\NC(=O)C(=O)Nc2ccc(OC)c(OC)c2)cc1. The van der Waals surface area contributed by atoms with E-state index in [9.17, 15) is 9.59 Å². The fraction of sp³-hybridized carbons (Fsp3) is 0.150. The summed E-state index contributed by atoms with van der Waals surface area (Å²) in [6.45, 7) is 3.99. The van der Waals surface area contributed by atoms with Crippen molar-refractivity contribution in [1.82, 2.24) is 5.43 Å². The van der Waals surface area contributed by atoms with Crippen LogP contribution in [0.25, 0.3) is 0 Å². The van der Waals surface area contributed by atoms with E-state index in [0.717, 1.165) is 5.56 Å². The third kappa shape index (κ3) is 5.87. The summed E-state index contributed by atoms with van der Waals surface area (Å²) in [6.07, 6.45) is 3.07. The number of amides is 2. The fourth-order valence-electron chi connectivity index (χ4n) is 2.12. The Morgan fingerprint density at radius 2 is 1.75 bits per heavy atom. The van der Waals surface area contributed by atoms with Crippen LogP contribution in [0.1, 0.15) is 5.56 Å². The zero-order chi connectivity index (χ0) is 20.4. The van der Waals surface area contributed by atoms with Crippen LogP contribution < -0.4 is 25.0 Å². The molecule has 8 heteroatoms. The number of rotatable bonds is 8. The van der Waals surface area contributed by atoms with Crippen molar-refractivity contribution in [1.29, 1.82) is 0 Å². The third-order valence-corrected chi connectivity index (χ3v) is 3.48. The van der Waals surface area contributed by atoms with Crippen molar-refractivity contribution in [2.75, 3.05) is 26.1 Å². The summed E-state index contributed by atoms with van der Waals surface area (Å²) in [6, 6.07) is 11.8. The Morgan fingerprint density at radius 1 is 1.04 bits per heavy atom. The molecule has 0 spiro atoms. The van der Waals surface area contributed by atoms with E-state index in [1.54, 1.807) is 48.5 Å². The second-order valence-electron chi connectivity index (χ2n) is 5.39. The lowest BCUT2D eigenvalue weighted by atomic mass is 10.2. The molecule has 0 unspecified atom stereocenters. The first-order valence-corrected chi connectivity index (χ1v) is 8.27. The van der Waals surface area contributed by atoms with Gasteiger partial charge in [0.25, 0.3) is 0 Å². The van der Waals surface area contributed by atoms with E-state index >= 15 is 0 Å². The Kier molecular flexibility index (Phi) is 7.59. The number of nitrogens with one attached hydrogen (secondary N) is 2. The second kappa shape index (κ2) is 10.4. The molecule has 2 rings (SSSR count). The molecule has 0 aliphatic heterocycles. The van der Waals surface area contributed by atoms with Crippen LogP contribution in [-0.4, -0.2) is 38.9 Å². The van der Waals surface area contributed by atoms with Gasteiger partial charge in [0.15, 0.2) is 11.5 Å². The second-order valence-corrected chi connectivity index (χ2v) is 5.39. The smallest absolute Gasteiger partial charge is 0.329 e. The molecule has 8 nitrogen and oxygen atoms in total. The predicted octanol–water partition coefficient (Wildman–Crippen LogP) is 2.36. The number of ether oxygens (including phenoxy) is 3. The van der Waals surface area contributed by atoms with Crippen LogP contribution in [0.4, 0.5) is 5.69 Å². The molecule has 0 atom stereocenters. The lowest BCUT2D eigenvalue weighted by Gasteiger charge is -2.10. The normalized spacial score (nSPS) is 10.2. The minimum atomic E-state index is -0.906. The molecule has 2 amide bonds. The Labute approximate surface area is 162 Å². The predicted molar refractivity (Wildman–Crippen MR) is 106 cm³/mol. The van der Waals surface area contributed by atoms with Gasteiger partial charge < -0.3 is 19.5 Å². The lowest BCUT2D eigenvalue weighted by molar-refractivity contribution is -0.136. The molecule has 2 aromatic carbocycles. The summed E-state index contributed by atoms with van der Waals surface area (Å²) in [5, 5.41) is 6.23. The molecule has 0 aromatic heterocycles. The number of hydrogen-bond donors (Lipinski definition) is 2. The van der Waals surface area contributed by atoms with E-state index in [4.69, 9.17) is 14.2 Å². The molecule has 0 saturated heterocycles. The van der Waals surface area contributed by atoms with Gasteiger partial charge in [-0.05, 0) is 42.0 Å². The van der Waals surface area contributed by atoms with Gasteiger partial charge in [-0.15, -0.1) is 0 Å². The van der Waals surface area contributed by atoms with E-state index in [1.807, 2.05) is 0 Å². The summed E-state index contributed by atoms with van der Waals surface area (Å²) in [7, 11) is 2.98. The van der Waals surface area contributed by atoms with Crippen molar-refractivity contribution in [2.24, 2.45) is 5.10 Å². The number of nitrogens with zero attached hydrogens (tertiary/aromatic N) is 1. The molecule has 2 aromatic rings. The fourth-order valence-corrected chi connectivity index (χ4v) is 2.12. The van der Waals surface area contributed by atoms with Gasteiger partial charge >= 0.3 is 11.8 Å². The molecule has 0 fully saturated rings. The minimum Gasteiger partial charge on any atom is -0.493 e. The standard InChI is InChI=1S/C20H21N3O5/c1-4-11-28-16-8-5-14(6-9-16)13-21-23-20(25)19(24)22-15-7-10-17(26-2)18(12-15)27-3/h4-10,12-13H,1,11H2,2-3H3,(H,22,24)(H,23,25)/b21-13-. The van der Waals surface area contributed by atoms with E-state index in [1.165, 1.54) is 20.4 Å². The van der Waals surface area contributed by atoms with Crippen LogP contribution in [0, 0.1) is 0 Å². The summed E-state index contributed by atoms with van der Waals surface area (Å²) in [5.74, 6) is -0.139. The van der Waals surface area contributed by atoms with E-state index in [0.29, 0.717) is 29.5 Å². The first-order chi connectivity index (χ1) is 13.6. The van der Waals surface area contributed by atoms with Crippen LogP contribution in [0.3, 0.4) is 0 Å². The van der Waals surface area contributed by atoms with Crippen LogP contribution in [0.5, 0.6) is 17.2 Å². The summed E-state index contributed by atoms with van der Waals surface area (Å²) in [5.41, 5.74) is 3.28. The van der Waals surface area contributed by atoms with Gasteiger partial charge in [0.1, 0.15) is 12.4 Å². The molecular formula is C20H21N3O5. The highest BCUT2D eigenvalue weighted by molar-refractivity contribution is 6.39. The topological polar surface area (TPSA) is 98.2 Å². The van der Waals surface area contributed by atoms with Crippen LogP contribution >= 0.6 is 0 Å². The average Bonchev–Trinajstić information content (AvgIpc) is 2.72. The van der Waals surface area contributed by atoms with Crippen molar-refractivity contribution in [3.63, 3.8) is 0 Å². The number of methoxy groups -OCH3 is 2. The first kappa shape index (κ1) is 20.5. The molecule has 0 aliphatic rings. The molecule has 146 valence electrons. The molecule has 0 aliphatic carbocycles. The van der Waals surface area contributed by atoms with Crippen LogP contribution in [0.2, 0.25) is 0 Å². The van der Waals surface area contributed by atoms with Crippen molar-refractivity contribution < 1.29 is 23.8 Å². The van der Waals surface area contributed by atoms with E-state index in [2.05, 4.69) is 22.4 Å². The summed E-state index contributed by atoms with van der Waals surface area (Å²) < 4.78 is 15.6. The Balaban J connectivity index is 1.89. The monoisotopic (exact) mass is 383 g/mol. The Morgan fingerprint density at radius 3 is 2.39 bits per heavy atom. The summed E-state index contributed by atoms with van der Waals surface area (Å²) >= 11 is 0. The average molecular weight is 383 g/mol. The van der Waals surface area contributed by atoms with Gasteiger partial charge in [0, 0.05) is 11.8 Å². The molecule has 0 heterocycles. The number of hydrazone groups is 1. The van der Waals surface area contributed by atoms with Gasteiger partial charge in [-0.3, -0.25) is 9.59 Å². The van der Waals surface area contributed by atoms with E-state index in [-0.39, 0.29) is 0 Å². The number of benzene rings is 2. The molecule has 28 heavy (non-hydrogen) atoms. The number of anilines is 1. The van der Waals surface area contributed by atoms with Crippen molar-refractivity contribution in [3.8, 4) is 17.2 Å². The zero-order valence-electron chi connectivity index (χ0n) is 15.6. The van der Waals surface area contributed by atoms with Crippen molar-refractivity contribution >= 4 is 23.7 Å². The number of carbonyl (C=O) groups excluding carboxylic acids is 2. The number of carbonyl (C=O) groups is 2.